The van der Waals surface area contributed by atoms with Crippen molar-refractivity contribution in [2.24, 2.45) is 0 Å². The van der Waals surface area contributed by atoms with E-state index in [1.54, 1.807) is 12.1 Å². The van der Waals surface area contributed by atoms with Gasteiger partial charge in [0.15, 0.2) is 11.6 Å². The Bertz CT molecular complexity index is 652. The largest absolute Gasteiger partial charge is 0.490 e. The van der Waals surface area contributed by atoms with Crippen molar-refractivity contribution >= 4 is 44.6 Å². The zero-order chi connectivity index (χ0) is 15.4. The second kappa shape index (κ2) is 7.00. The van der Waals surface area contributed by atoms with Crippen molar-refractivity contribution in [1.29, 1.82) is 0 Å². The summed E-state index contributed by atoms with van der Waals surface area (Å²) < 4.78 is 19.9. The molecule has 0 atom stereocenters. The van der Waals surface area contributed by atoms with Crippen molar-refractivity contribution < 1.29 is 9.13 Å². The first kappa shape index (κ1) is 15.9. The van der Waals surface area contributed by atoms with Gasteiger partial charge in [-0.3, -0.25) is 0 Å². The number of nitrogens with one attached hydrogen (secondary N) is 1. The zero-order valence-electron chi connectivity index (χ0n) is 11.4. The maximum atomic E-state index is 13.8. The first-order valence-electron chi connectivity index (χ1n) is 6.45. The lowest BCUT2D eigenvalue weighted by molar-refractivity contribution is 0.301. The van der Waals surface area contributed by atoms with Crippen LogP contribution in [0.2, 0.25) is 5.02 Å². The van der Waals surface area contributed by atoms with Gasteiger partial charge in [-0.05, 0) is 40.5 Å². The molecule has 0 aromatic heterocycles. The fourth-order valence-electron chi connectivity index (χ4n) is 1.73. The number of ether oxygens (including phenoxy) is 1. The van der Waals surface area contributed by atoms with Gasteiger partial charge in [0, 0.05) is 22.3 Å². The average molecular weight is 374 g/mol. The third-order valence-corrected chi connectivity index (χ3v) is 3.98. The van der Waals surface area contributed by atoms with Crippen LogP contribution in [-0.4, -0.2) is 6.61 Å². The number of benzene rings is 2. The minimum atomic E-state index is -0.469. The van der Waals surface area contributed by atoms with Crippen LogP contribution in [0, 0.1) is 5.82 Å². The van der Waals surface area contributed by atoms with Crippen LogP contribution in [0.4, 0.5) is 21.5 Å². The Kier molecular flexibility index (Phi) is 5.31. The maximum Gasteiger partial charge on any atom is 0.167 e. The summed E-state index contributed by atoms with van der Waals surface area (Å²) in [6, 6.07) is 8.18. The molecule has 0 radical (unpaired) electrons. The van der Waals surface area contributed by atoms with E-state index < -0.39 is 5.82 Å². The van der Waals surface area contributed by atoms with Crippen molar-refractivity contribution in [3.05, 3.63) is 45.6 Å². The van der Waals surface area contributed by atoms with E-state index in [2.05, 4.69) is 21.2 Å². The van der Waals surface area contributed by atoms with Crippen molar-refractivity contribution in [2.75, 3.05) is 17.7 Å². The summed E-state index contributed by atoms with van der Waals surface area (Å²) in [5.74, 6) is -0.287. The van der Waals surface area contributed by atoms with Crippen LogP contribution in [0.3, 0.4) is 0 Å². The fourth-order valence-corrected chi connectivity index (χ4v) is 2.23. The van der Waals surface area contributed by atoms with E-state index in [-0.39, 0.29) is 5.75 Å². The standard InChI is InChI=1S/C15H15BrClFN2O/c1-2-5-21-15-8-14(13(19)7-12(15)18)20-9-3-4-11(17)10(16)6-9/h3-4,6-8,20H,2,5,19H2,1H3. The van der Waals surface area contributed by atoms with E-state index in [9.17, 15) is 4.39 Å². The Morgan fingerprint density at radius 1 is 1.33 bits per heavy atom. The van der Waals surface area contributed by atoms with Gasteiger partial charge in [0.1, 0.15) is 0 Å². The second-order valence-corrected chi connectivity index (χ2v) is 5.73. The number of nitrogen functional groups attached to an aromatic ring is 1. The molecule has 0 bridgehead atoms. The molecule has 21 heavy (non-hydrogen) atoms. The highest BCUT2D eigenvalue weighted by Gasteiger charge is 2.10. The van der Waals surface area contributed by atoms with Crippen molar-refractivity contribution in [2.45, 2.75) is 13.3 Å². The number of anilines is 3. The predicted molar refractivity (Wildman–Crippen MR) is 89.0 cm³/mol. The van der Waals surface area contributed by atoms with Crippen molar-refractivity contribution in [3.8, 4) is 5.75 Å². The summed E-state index contributed by atoms with van der Waals surface area (Å²) in [7, 11) is 0. The Hall–Kier alpha value is -1.46. The summed E-state index contributed by atoms with van der Waals surface area (Å²) in [6.45, 7) is 2.41. The Morgan fingerprint density at radius 3 is 2.76 bits per heavy atom. The van der Waals surface area contributed by atoms with Gasteiger partial charge in [-0.25, -0.2) is 4.39 Å². The molecule has 0 aliphatic carbocycles. The lowest BCUT2D eigenvalue weighted by Gasteiger charge is -2.13. The van der Waals surface area contributed by atoms with E-state index in [0.717, 1.165) is 16.6 Å². The third-order valence-electron chi connectivity index (χ3n) is 2.76. The van der Waals surface area contributed by atoms with Crippen LogP contribution in [0.15, 0.2) is 34.8 Å². The minimum Gasteiger partial charge on any atom is -0.490 e. The molecule has 6 heteroatoms. The normalized spacial score (nSPS) is 10.5. The highest BCUT2D eigenvalue weighted by molar-refractivity contribution is 9.10. The number of halogens is 3. The lowest BCUT2D eigenvalue weighted by Crippen LogP contribution is -2.02. The summed E-state index contributed by atoms with van der Waals surface area (Å²) in [6.07, 6.45) is 0.802. The van der Waals surface area contributed by atoms with Gasteiger partial charge in [-0.2, -0.15) is 0 Å². The summed E-state index contributed by atoms with van der Waals surface area (Å²) >= 11 is 9.30. The summed E-state index contributed by atoms with van der Waals surface area (Å²) in [4.78, 5) is 0. The summed E-state index contributed by atoms with van der Waals surface area (Å²) in [5.41, 5.74) is 7.51. The number of hydrogen-bond donors (Lipinski definition) is 2. The van der Waals surface area contributed by atoms with Crippen LogP contribution in [0.5, 0.6) is 5.75 Å². The molecule has 112 valence electrons. The average Bonchev–Trinajstić information content (AvgIpc) is 2.44. The molecule has 2 aromatic carbocycles. The molecule has 3 nitrogen and oxygen atoms in total. The summed E-state index contributed by atoms with van der Waals surface area (Å²) in [5, 5.41) is 3.73. The minimum absolute atomic E-state index is 0.182. The van der Waals surface area contributed by atoms with Gasteiger partial charge in [0.2, 0.25) is 0 Å². The van der Waals surface area contributed by atoms with Crippen LogP contribution >= 0.6 is 27.5 Å². The van der Waals surface area contributed by atoms with Gasteiger partial charge >= 0.3 is 0 Å². The van der Waals surface area contributed by atoms with Crippen LogP contribution in [0.25, 0.3) is 0 Å². The lowest BCUT2D eigenvalue weighted by atomic mass is 10.2. The second-order valence-electron chi connectivity index (χ2n) is 4.47. The smallest absolute Gasteiger partial charge is 0.167 e. The Balaban J connectivity index is 2.28. The molecule has 0 heterocycles. The topological polar surface area (TPSA) is 47.3 Å². The molecule has 0 unspecified atom stereocenters. The number of nitrogens with two attached hydrogens (primary N) is 1. The molecule has 2 aromatic rings. The van der Waals surface area contributed by atoms with E-state index >= 15 is 0 Å². The zero-order valence-corrected chi connectivity index (χ0v) is 13.8. The fraction of sp³-hybridized carbons (Fsp3) is 0.200. The first-order chi connectivity index (χ1) is 10.0. The highest BCUT2D eigenvalue weighted by atomic mass is 79.9. The monoisotopic (exact) mass is 372 g/mol. The quantitative estimate of drug-likeness (QED) is 0.694. The Labute approximate surface area is 136 Å². The molecule has 0 fully saturated rings. The maximum absolute atomic E-state index is 13.8. The molecule has 0 saturated heterocycles. The van der Waals surface area contributed by atoms with E-state index in [0.29, 0.717) is 23.0 Å². The van der Waals surface area contributed by atoms with Gasteiger partial charge in [-0.1, -0.05) is 18.5 Å². The molecule has 0 aliphatic rings. The molecule has 0 saturated carbocycles. The molecule has 0 spiro atoms. The van der Waals surface area contributed by atoms with E-state index in [4.69, 9.17) is 22.1 Å². The van der Waals surface area contributed by atoms with Crippen LogP contribution in [0.1, 0.15) is 13.3 Å². The van der Waals surface area contributed by atoms with Gasteiger partial charge in [0.05, 0.1) is 23.0 Å². The van der Waals surface area contributed by atoms with Gasteiger partial charge in [-0.15, -0.1) is 0 Å². The molecular formula is C15H15BrClFN2O. The third kappa shape index (κ3) is 4.02. The predicted octanol–water partition coefficient (Wildman–Crippen LogP) is 5.36. The van der Waals surface area contributed by atoms with Gasteiger partial charge < -0.3 is 15.8 Å². The van der Waals surface area contributed by atoms with Crippen LogP contribution in [-0.2, 0) is 0 Å². The highest BCUT2D eigenvalue weighted by Crippen LogP contribution is 2.32. The Morgan fingerprint density at radius 2 is 2.10 bits per heavy atom. The molecule has 2 rings (SSSR count). The molecule has 0 amide bonds. The molecule has 0 aliphatic heterocycles. The van der Waals surface area contributed by atoms with E-state index in [1.165, 1.54) is 6.07 Å². The van der Waals surface area contributed by atoms with Crippen LogP contribution < -0.4 is 15.8 Å². The van der Waals surface area contributed by atoms with Crippen molar-refractivity contribution in [1.82, 2.24) is 0 Å². The van der Waals surface area contributed by atoms with E-state index in [1.807, 2.05) is 19.1 Å². The first-order valence-corrected chi connectivity index (χ1v) is 7.62. The molecular weight excluding hydrogens is 359 g/mol. The van der Waals surface area contributed by atoms with Gasteiger partial charge in [0.25, 0.3) is 0 Å². The number of rotatable bonds is 5. The number of hydrogen-bond acceptors (Lipinski definition) is 3. The SMILES string of the molecule is CCCOc1cc(Nc2ccc(Cl)c(Br)c2)c(N)cc1F. The van der Waals surface area contributed by atoms with Crippen molar-refractivity contribution in [3.63, 3.8) is 0 Å². The molecule has 3 N–H and O–H groups in total.